The van der Waals surface area contributed by atoms with Crippen LogP contribution in [0.4, 0.5) is 5.95 Å². The Labute approximate surface area is 178 Å². The van der Waals surface area contributed by atoms with Crippen LogP contribution in [0.5, 0.6) is 11.5 Å². The zero-order valence-corrected chi connectivity index (χ0v) is 17.8. The monoisotopic (exact) mass is 456 g/mol. The summed E-state index contributed by atoms with van der Waals surface area (Å²) in [5, 5.41) is 3.27. The lowest BCUT2D eigenvalue weighted by Gasteiger charge is -2.15. The molecule has 1 aliphatic heterocycles. The average molecular weight is 457 g/mol. The van der Waals surface area contributed by atoms with Crippen LogP contribution in [0.3, 0.4) is 0 Å². The zero-order valence-electron chi connectivity index (χ0n) is 16.2. The molecular weight excluding hydrogens is 436 g/mol. The number of ether oxygens (including phenoxy) is 2. The number of nitrogens with one attached hydrogen (secondary N) is 1. The van der Waals surface area contributed by atoms with E-state index in [1.165, 1.54) is 6.08 Å². The normalized spacial score (nSPS) is 15.3. The number of rotatable bonds is 5. The van der Waals surface area contributed by atoms with Crippen molar-refractivity contribution in [3.8, 4) is 23.3 Å². The Bertz CT molecular complexity index is 961. The maximum atomic E-state index is 11.7. The van der Waals surface area contributed by atoms with Crippen LogP contribution < -0.4 is 14.8 Å². The smallest absolute Gasteiger partial charge is 0.246 e. The SMILES string of the molecule is C=CC(=O)N1CCC(Nc2ncc(Br)c(C#Cc3cc(OC)cc(OC)c3)n2)C1. The molecule has 0 bridgehead atoms. The summed E-state index contributed by atoms with van der Waals surface area (Å²) in [5.74, 6) is 7.87. The summed E-state index contributed by atoms with van der Waals surface area (Å²) < 4.78 is 11.2. The van der Waals surface area contributed by atoms with E-state index in [9.17, 15) is 4.79 Å². The van der Waals surface area contributed by atoms with Gasteiger partial charge >= 0.3 is 0 Å². The van der Waals surface area contributed by atoms with Crippen molar-refractivity contribution in [3.05, 3.63) is 52.8 Å². The number of nitrogens with zero attached hydrogens (tertiary/aromatic N) is 3. The third kappa shape index (κ3) is 5.27. The van der Waals surface area contributed by atoms with E-state index in [0.717, 1.165) is 12.0 Å². The Kier molecular flexibility index (Phi) is 6.73. The molecule has 0 aliphatic carbocycles. The maximum absolute atomic E-state index is 11.7. The summed E-state index contributed by atoms with van der Waals surface area (Å²) in [6.07, 6.45) is 3.82. The Morgan fingerprint density at radius 1 is 1.31 bits per heavy atom. The quantitative estimate of drug-likeness (QED) is 0.550. The van der Waals surface area contributed by atoms with Crippen LogP contribution in [0.15, 0.2) is 41.5 Å². The van der Waals surface area contributed by atoms with E-state index >= 15 is 0 Å². The number of benzene rings is 1. The number of aromatic nitrogens is 2. The van der Waals surface area contributed by atoms with Crippen molar-refractivity contribution < 1.29 is 14.3 Å². The number of carbonyl (C=O) groups excluding carboxylic acids is 1. The summed E-state index contributed by atoms with van der Waals surface area (Å²) in [6.45, 7) is 4.81. The molecule has 1 saturated heterocycles. The van der Waals surface area contributed by atoms with Crippen molar-refractivity contribution in [2.75, 3.05) is 32.6 Å². The summed E-state index contributed by atoms with van der Waals surface area (Å²) in [5.41, 5.74) is 1.30. The van der Waals surface area contributed by atoms with Gasteiger partial charge < -0.3 is 19.7 Å². The zero-order chi connectivity index (χ0) is 20.8. The van der Waals surface area contributed by atoms with E-state index < -0.39 is 0 Å². The minimum atomic E-state index is -0.0636. The third-order valence-electron chi connectivity index (χ3n) is 4.43. The summed E-state index contributed by atoms with van der Waals surface area (Å²) in [4.78, 5) is 22.3. The molecule has 8 heteroatoms. The predicted molar refractivity (Wildman–Crippen MR) is 114 cm³/mol. The van der Waals surface area contributed by atoms with Gasteiger partial charge in [-0.05, 0) is 46.5 Å². The lowest BCUT2D eigenvalue weighted by Crippen LogP contribution is -2.30. The third-order valence-corrected chi connectivity index (χ3v) is 5.01. The van der Waals surface area contributed by atoms with Gasteiger partial charge in [0.15, 0.2) is 0 Å². The second-order valence-corrected chi connectivity index (χ2v) is 7.21. The van der Waals surface area contributed by atoms with Crippen LogP contribution in [0.2, 0.25) is 0 Å². The van der Waals surface area contributed by atoms with Gasteiger partial charge in [-0.25, -0.2) is 9.97 Å². The van der Waals surface area contributed by atoms with Crippen molar-refractivity contribution in [2.45, 2.75) is 12.5 Å². The van der Waals surface area contributed by atoms with E-state index in [-0.39, 0.29) is 11.9 Å². The first-order valence-electron chi connectivity index (χ1n) is 8.98. The molecule has 1 amide bonds. The van der Waals surface area contributed by atoms with Gasteiger partial charge in [-0.2, -0.15) is 0 Å². The number of methoxy groups -OCH3 is 2. The highest BCUT2D eigenvalue weighted by Gasteiger charge is 2.25. The molecule has 29 heavy (non-hydrogen) atoms. The number of likely N-dealkylation sites (tertiary alicyclic amines) is 1. The molecule has 3 rings (SSSR count). The fourth-order valence-electron chi connectivity index (χ4n) is 2.93. The maximum Gasteiger partial charge on any atom is 0.246 e. The van der Waals surface area contributed by atoms with Crippen LogP contribution in [0.25, 0.3) is 0 Å². The standard InChI is InChI=1S/C21H21BrN4O3/c1-4-20(27)26-8-7-15(13-26)24-21-23-12-18(22)19(25-21)6-5-14-9-16(28-2)11-17(10-14)29-3/h4,9-12,15H,1,7-8,13H2,2-3H3,(H,23,24,25). The van der Waals surface area contributed by atoms with E-state index in [1.54, 1.807) is 31.4 Å². The van der Waals surface area contributed by atoms with Crippen molar-refractivity contribution >= 4 is 27.8 Å². The van der Waals surface area contributed by atoms with Gasteiger partial charge in [0.25, 0.3) is 0 Å². The van der Waals surface area contributed by atoms with E-state index in [4.69, 9.17) is 9.47 Å². The topological polar surface area (TPSA) is 76.6 Å². The molecule has 2 aromatic rings. The molecule has 0 saturated carbocycles. The number of hydrogen-bond acceptors (Lipinski definition) is 6. The summed E-state index contributed by atoms with van der Waals surface area (Å²) in [6, 6.07) is 5.53. The Balaban J connectivity index is 1.76. The molecule has 1 aromatic heterocycles. The van der Waals surface area contributed by atoms with Crippen LogP contribution in [0.1, 0.15) is 17.7 Å². The fraction of sp³-hybridized carbons (Fsp3) is 0.286. The van der Waals surface area contributed by atoms with E-state index in [2.05, 4.69) is 49.6 Å². The molecule has 1 atom stereocenters. The molecule has 7 nitrogen and oxygen atoms in total. The molecule has 1 fully saturated rings. The van der Waals surface area contributed by atoms with Crippen LogP contribution in [-0.2, 0) is 4.79 Å². The highest BCUT2D eigenvalue weighted by atomic mass is 79.9. The first-order chi connectivity index (χ1) is 14.0. The van der Waals surface area contributed by atoms with Gasteiger partial charge in [0, 0.05) is 37.0 Å². The minimum Gasteiger partial charge on any atom is -0.497 e. The van der Waals surface area contributed by atoms with Gasteiger partial charge in [-0.1, -0.05) is 12.5 Å². The second kappa shape index (κ2) is 9.43. The average Bonchev–Trinajstić information content (AvgIpc) is 3.21. The van der Waals surface area contributed by atoms with Crippen LogP contribution in [0, 0.1) is 11.8 Å². The molecule has 0 spiro atoms. The molecule has 0 radical (unpaired) electrons. The molecule has 1 aromatic carbocycles. The minimum absolute atomic E-state index is 0.0636. The highest BCUT2D eigenvalue weighted by molar-refractivity contribution is 9.10. The predicted octanol–water partition coefficient (Wildman–Crippen LogP) is 2.85. The number of halogens is 1. The Morgan fingerprint density at radius 2 is 2.03 bits per heavy atom. The van der Waals surface area contributed by atoms with Crippen molar-refractivity contribution in [2.24, 2.45) is 0 Å². The van der Waals surface area contributed by atoms with Crippen LogP contribution in [-0.4, -0.2) is 54.1 Å². The Morgan fingerprint density at radius 3 is 2.69 bits per heavy atom. The number of hydrogen-bond donors (Lipinski definition) is 1. The molecule has 1 unspecified atom stereocenters. The van der Waals surface area contributed by atoms with Gasteiger partial charge in [0.05, 0.1) is 18.7 Å². The van der Waals surface area contributed by atoms with Crippen molar-refractivity contribution in [1.29, 1.82) is 0 Å². The second-order valence-electron chi connectivity index (χ2n) is 6.36. The number of anilines is 1. The van der Waals surface area contributed by atoms with Gasteiger partial charge in [0.1, 0.15) is 17.2 Å². The van der Waals surface area contributed by atoms with E-state index in [1.807, 2.05) is 12.1 Å². The molecule has 2 heterocycles. The van der Waals surface area contributed by atoms with Gasteiger partial charge in [0.2, 0.25) is 11.9 Å². The van der Waals surface area contributed by atoms with Crippen LogP contribution >= 0.6 is 15.9 Å². The number of amides is 1. The van der Waals surface area contributed by atoms with Crippen molar-refractivity contribution in [1.82, 2.24) is 14.9 Å². The fourth-order valence-corrected chi connectivity index (χ4v) is 3.22. The van der Waals surface area contributed by atoms with Gasteiger partial charge in [-0.15, -0.1) is 0 Å². The molecule has 1 aliphatic rings. The lowest BCUT2D eigenvalue weighted by atomic mass is 10.2. The molecular formula is C21H21BrN4O3. The first kappa shape index (κ1) is 20.7. The molecule has 150 valence electrons. The summed E-state index contributed by atoms with van der Waals surface area (Å²) >= 11 is 3.44. The highest BCUT2D eigenvalue weighted by Crippen LogP contribution is 2.22. The van der Waals surface area contributed by atoms with E-state index in [0.29, 0.717) is 40.7 Å². The van der Waals surface area contributed by atoms with Crippen molar-refractivity contribution in [3.63, 3.8) is 0 Å². The van der Waals surface area contributed by atoms with Gasteiger partial charge in [-0.3, -0.25) is 4.79 Å². The number of carbonyl (C=O) groups is 1. The largest absolute Gasteiger partial charge is 0.497 e. The summed E-state index contributed by atoms with van der Waals surface area (Å²) in [7, 11) is 3.19. The first-order valence-corrected chi connectivity index (χ1v) is 9.77. The molecule has 1 N–H and O–H groups in total. The Hall–Kier alpha value is -3.05. The lowest BCUT2D eigenvalue weighted by molar-refractivity contribution is -0.125.